The topological polar surface area (TPSA) is 0 Å². The van der Waals surface area contributed by atoms with Crippen molar-refractivity contribution >= 4 is 15.8 Å². The van der Waals surface area contributed by atoms with Gasteiger partial charge in [-0.25, -0.2) is 0 Å². The molecule has 0 saturated heterocycles. The van der Waals surface area contributed by atoms with Crippen LogP contribution in [0.3, 0.4) is 0 Å². The molecule has 0 bridgehead atoms. The second kappa shape index (κ2) is 16.7. The molecule has 27 heavy (non-hydrogen) atoms. The molecule has 0 fully saturated rings. The molecule has 0 heterocycles. The van der Waals surface area contributed by atoms with E-state index < -0.39 is 0 Å². The lowest BCUT2D eigenvalue weighted by Crippen LogP contribution is -1.87. The van der Waals surface area contributed by atoms with Crippen LogP contribution in [0.5, 0.6) is 0 Å². The van der Waals surface area contributed by atoms with Crippen LogP contribution in [0.2, 0.25) is 0 Å². The van der Waals surface area contributed by atoms with Crippen molar-refractivity contribution in [3.05, 3.63) is 46.6 Å². The van der Waals surface area contributed by atoms with Gasteiger partial charge in [0.25, 0.3) is 0 Å². The molecular weight excluding hydrogens is 362 g/mol. The van der Waals surface area contributed by atoms with Crippen LogP contribution >= 0.6 is 15.8 Å². The van der Waals surface area contributed by atoms with Gasteiger partial charge in [0.05, 0.1) is 0 Å². The molecule has 1 atom stereocenters. The second-order valence-corrected chi connectivity index (χ2v) is 14.1. The zero-order valence-corrected chi connectivity index (χ0v) is 21.4. The van der Waals surface area contributed by atoms with Gasteiger partial charge in [0.2, 0.25) is 0 Å². The first-order valence-electron chi connectivity index (χ1n) is 10.6. The first-order valence-corrected chi connectivity index (χ1v) is 15.2. The summed E-state index contributed by atoms with van der Waals surface area (Å²) in [5, 5.41) is 0. The van der Waals surface area contributed by atoms with E-state index in [1.54, 1.807) is 11.1 Å². The van der Waals surface area contributed by atoms with Gasteiger partial charge in [0.1, 0.15) is 0 Å². The van der Waals surface area contributed by atoms with E-state index in [-0.39, 0.29) is 15.8 Å². The highest BCUT2D eigenvalue weighted by Gasteiger charge is 2.02. The van der Waals surface area contributed by atoms with E-state index in [9.17, 15) is 0 Å². The highest BCUT2D eigenvalue weighted by atomic mass is 31.2. The average molecular weight is 409 g/mol. The lowest BCUT2D eigenvalue weighted by Gasteiger charge is -2.13. The SMILES string of the molecule is CC(C)=CCC/C(C)=C/CC/C(C)=C/CC/C(C)=C/CCP(C)CP(C)C. The number of hydrogen-bond acceptors (Lipinski definition) is 0. The molecule has 0 saturated carbocycles. The summed E-state index contributed by atoms with van der Waals surface area (Å²) in [6.45, 7) is 18.5. The maximum atomic E-state index is 2.49. The third-order valence-corrected chi connectivity index (χ3v) is 9.90. The molecule has 0 aromatic rings. The summed E-state index contributed by atoms with van der Waals surface area (Å²) >= 11 is 0. The third kappa shape index (κ3) is 18.9. The van der Waals surface area contributed by atoms with Crippen molar-refractivity contribution in [1.29, 1.82) is 0 Å². The summed E-state index contributed by atoms with van der Waals surface area (Å²) in [4.78, 5) is 0. The summed E-state index contributed by atoms with van der Waals surface area (Å²) in [5.41, 5.74) is 6.09. The minimum Gasteiger partial charge on any atom is -0.109 e. The van der Waals surface area contributed by atoms with Crippen LogP contribution in [0.1, 0.15) is 79.6 Å². The monoisotopic (exact) mass is 408 g/mol. The van der Waals surface area contributed by atoms with Gasteiger partial charge >= 0.3 is 0 Å². The van der Waals surface area contributed by atoms with Crippen molar-refractivity contribution in [2.45, 2.75) is 79.6 Å². The maximum Gasteiger partial charge on any atom is -0.0128 e. The van der Waals surface area contributed by atoms with Crippen LogP contribution < -0.4 is 0 Å². The summed E-state index contributed by atoms with van der Waals surface area (Å²) in [5.74, 6) is 1.49. The van der Waals surface area contributed by atoms with Crippen LogP contribution in [0.25, 0.3) is 0 Å². The molecule has 0 radical (unpaired) electrons. The molecular formula is C25H46P2. The highest BCUT2D eigenvalue weighted by Crippen LogP contribution is 2.44. The van der Waals surface area contributed by atoms with Gasteiger partial charge in [-0.05, 0) is 112 Å². The van der Waals surface area contributed by atoms with Crippen LogP contribution in [0, 0.1) is 0 Å². The van der Waals surface area contributed by atoms with Crippen molar-refractivity contribution in [3.8, 4) is 0 Å². The van der Waals surface area contributed by atoms with Gasteiger partial charge in [-0.2, -0.15) is 0 Å². The molecule has 0 nitrogen and oxygen atoms in total. The Kier molecular flexibility index (Phi) is 16.6. The number of rotatable bonds is 14. The van der Waals surface area contributed by atoms with Crippen LogP contribution in [0.15, 0.2) is 46.6 Å². The summed E-state index contributed by atoms with van der Waals surface area (Å²) in [7, 11) is 0.559. The van der Waals surface area contributed by atoms with Crippen molar-refractivity contribution < 1.29 is 0 Å². The van der Waals surface area contributed by atoms with Gasteiger partial charge in [-0.1, -0.05) is 46.6 Å². The van der Waals surface area contributed by atoms with Crippen LogP contribution in [-0.2, 0) is 0 Å². The van der Waals surface area contributed by atoms with E-state index in [1.807, 2.05) is 0 Å². The van der Waals surface area contributed by atoms with Gasteiger partial charge in [0, 0.05) is 0 Å². The predicted octanol–water partition coefficient (Wildman–Crippen LogP) is 9.33. The minimum atomic E-state index is 0.270. The van der Waals surface area contributed by atoms with E-state index in [2.05, 4.69) is 78.9 Å². The van der Waals surface area contributed by atoms with Gasteiger partial charge in [-0.15, -0.1) is 15.8 Å². The van der Waals surface area contributed by atoms with E-state index in [1.165, 1.54) is 68.2 Å². The quantitative estimate of drug-likeness (QED) is 0.198. The molecule has 0 spiro atoms. The van der Waals surface area contributed by atoms with Gasteiger partial charge in [-0.3, -0.25) is 0 Å². The Morgan fingerprint density at radius 1 is 0.593 bits per heavy atom. The molecule has 2 heteroatoms. The van der Waals surface area contributed by atoms with Crippen LogP contribution in [0.4, 0.5) is 0 Å². The average Bonchev–Trinajstić information content (AvgIpc) is 2.53. The number of hydrogen-bond donors (Lipinski definition) is 0. The van der Waals surface area contributed by atoms with Crippen molar-refractivity contribution in [2.75, 3.05) is 32.1 Å². The zero-order valence-electron chi connectivity index (χ0n) is 19.6. The largest absolute Gasteiger partial charge is 0.109 e. The molecule has 0 aliphatic carbocycles. The van der Waals surface area contributed by atoms with E-state index in [0.29, 0.717) is 0 Å². The fourth-order valence-electron chi connectivity index (χ4n) is 3.07. The van der Waals surface area contributed by atoms with Gasteiger partial charge < -0.3 is 0 Å². The molecule has 1 unspecified atom stereocenters. The molecule has 0 aromatic carbocycles. The Balaban J connectivity index is 4.00. The summed E-state index contributed by atoms with van der Waals surface area (Å²) in [6.07, 6.45) is 19.6. The summed E-state index contributed by atoms with van der Waals surface area (Å²) < 4.78 is 0. The standard InChI is InChI=1S/C25H46P2/c1-22(2)13-9-14-23(3)15-10-16-24(4)17-11-18-25(5)19-12-20-27(8)21-26(6)7/h13,15,17,19H,9-12,14,16,18,20-21H2,1-8H3/b23-15+,24-17+,25-19+. The Morgan fingerprint density at radius 3 is 1.41 bits per heavy atom. The fraction of sp³-hybridized carbons (Fsp3) is 0.680. The fourth-order valence-corrected chi connectivity index (χ4v) is 8.07. The molecule has 0 N–H and O–H groups in total. The predicted molar refractivity (Wildman–Crippen MR) is 134 cm³/mol. The third-order valence-electron chi connectivity index (χ3n) is 4.68. The van der Waals surface area contributed by atoms with E-state index in [4.69, 9.17) is 0 Å². The Hall–Kier alpha value is -0.180. The first-order chi connectivity index (χ1) is 12.7. The lowest BCUT2D eigenvalue weighted by molar-refractivity contribution is 0.898. The molecule has 156 valence electrons. The smallest absolute Gasteiger partial charge is 0.0128 e. The van der Waals surface area contributed by atoms with E-state index in [0.717, 1.165) is 0 Å². The lowest BCUT2D eigenvalue weighted by atomic mass is 10.0. The zero-order chi connectivity index (χ0) is 20.7. The molecule has 0 aliphatic rings. The van der Waals surface area contributed by atoms with Crippen LogP contribution in [-0.4, -0.2) is 32.1 Å². The van der Waals surface area contributed by atoms with Crippen molar-refractivity contribution in [3.63, 3.8) is 0 Å². The Labute approximate surface area is 174 Å². The normalized spacial score (nSPS) is 14.6. The van der Waals surface area contributed by atoms with E-state index >= 15 is 0 Å². The summed E-state index contributed by atoms with van der Waals surface area (Å²) in [6, 6.07) is 0. The minimum absolute atomic E-state index is 0.270. The molecule has 0 rings (SSSR count). The Bertz CT molecular complexity index is 502. The molecule has 0 aromatic heterocycles. The second-order valence-electron chi connectivity index (χ2n) is 8.64. The Morgan fingerprint density at radius 2 is 1.00 bits per heavy atom. The maximum absolute atomic E-state index is 2.49. The van der Waals surface area contributed by atoms with Crippen molar-refractivity contribution in [2.24, 2.45) is 0 Å². The highest BCUT2D eigenvalue weighted by molar-refractivity contribution is 7.73. The number of allylic oxidation sites excluding steroid dienone is 8. The molecule has 0 aliphatic heterocycles. The van der Waals surface area contributed by atoms with Crippen molar-refractivity contribution in [1.82, 2.24) is 0 Å². The first kappa shape index (κ1) is 26.8. The molecule has 0 amide bonds. The van der Waals surface area contributed by atoms with Gasteiger partial charge in [0.15, 0.2) is 0 Å².